The van der Waals surface area contributed by atoms with Crippen LogP contribution in [-0.2, 0) is 18.8 Å². The number of hydrogen-bond acceptors (Lipinski definition) is 5. The molecule has 0 unspecified atom stereocenters. The molecule has 0 radical (unpaired) electrons. The van der Waals surface area contributed by atoms with Gasteiger partial charge < -0.3 is 4.90 Å². The Kier molecular flexibility index (Phi) is 20.8. The van der Waals surface area contributed by atoms with Crippen molar-refractivity contribution in [3.63, 3.8) is 0 Å². The van der Waals surface area contributed by atoms with Crippen molar-refractivity contribution < 1.29 is 16.8 Å². The zero-order valence-corrected chi connectivity index (χ0v) is 17.5. The Hall–Kier alpha value is -0.170. The van der Waals surface area contributed by atoms with Gasteiger partial charge in [-0.15, -0.1) is 0 Å². The third-order valence-electron chi connectivity index (χ3n) is 3.43. The number of rotatable bonds is 15. The average molecular weight is 368 g/mol. The summed E-state index contributed by atoms with van der Waals surface area (Å²) >= 11 is 0. The quantitative estimate of drug-likeness (QED) is 0.390. The van der Waals surface area contributed by atoms with Crippen molar-refractivity contribution in [1.82, 2.24) is 4.90 Å². The van der Waals surface area contributed by atoms with Gasteiger partial charge in [0.05, 0.1) is 13.7 Å². The van der Waals surface area contributed by atoms with Crippen LogP contribution in [0.25, 0.3) is 0 Å². The first kappa shape index (κ1) is 26.1. The lowest BCUT2D eigenvalue weighted by molar-refractivity contribution is 0.238. The van der Waals surface area contributed by atoms with Crippen molar-refractivity contribution in [2.75, 3.05) is 34.9 Å². The molecule has 6 heteroatoms. The van der Waals surface area contributed by atoms with Gasteiger partial charge in [-0.3, -0.25) is 4.18 Å². The molecule has 24 heavy (non-hydrogen) atoms. The van der Waals surface area contributed by atoms with Crippen molar-refractivity contribution in [2.45, 2.75) is 84.0 Å². The highest BCUT2D eigenvalue weighted by atomic mass is 32.3. The Morgan fingerprint density at radius 2 is 1.04 bits per heavy atom. The average Bonchev–Trinajstić information content (AvgIpc) is 2.51. The first-order valence-electron chi connectivity index (χ1n) is 9.41. The van der Waals surface area contributed by atoms with Gasteiger partial charge in [0.15, 0.2) is 0 Å². The monoisotopic (exact) mass is 367 g/mol. The molecule has 0 amide bonds. The lowest BCUT2D eigenvalue weighted by Crippen LogP contribution is -2.08. The van der Waals surface area contributed by atoms with E-state index in [-0.39, 0.29) is 6.61 Å². The van der Waals surface area contributed by atoms with Gasteiger partial charge in [0.2, 0.25) is 0 Å². The van der Waals surface area contributed by atoms with Crippen molar-refractivity contribution in [2.24, 2.45) is 0 Å². The van der Waals surface area contributed by atoms with Gasteiger partial charge in [-0.25, -0.2) is 4.18 Å². The number of nitrogens with zero attached hydrogens (tertiary/aromatic N) is 1. The second-order valence-corrected chi connectivity index (χ2v) is 8.01. The summed E-state index contributed by atoms with van der Waals surface area (Å²) in [4.78, 5) is 2.00. The maximum Gasteiger partial charge on any atom is 0.399 e. The minimum atomic E-state index is -3.73. The number of hydrogen-bond donors (Lipinski definition) is 0. The molecule has 0 atom stereocenters. The maximum absolute atomic E-state index is 10.9. The zero-order chi connectivity index (χ0) is 18.7. The Bertz CT molecular complexity index is 329. The number of unbranched alkanes of at least 4 members (excludes halogenated alkanes) is 11. The summed E-state index contributed by atoms with van der Waals surface area (Å²) < 4.78 is 30.5. The molecular weight excluding hydrogens is 326 g/mol. The summed E-state index contributed by atoms with van der Waals surface area (Å²) in [6.45, 7) is 2.48. The van der Waals surface area contributed by atoms with E-state index in [0.717, 1.165) is 26.4 Å². The highest BCUT2D eigenvalue weighted by molar-refractivity contribution is 7.81. The molecule has 0 spiro atoms. The van der Waals surface area contributed by atoms with E-state index in [1.165, 1.54) is 57.8 Å². The largest absolute Gasteiger partial charge is 0.399 e. The molecule has 148 valence electrons. The Balaban J connectivity index is 0. The van der Waals surface area contributed by atoms with Gasteiger partial charge in [0.1, 0.15) is 0 Å². The van der Waals surface area contributed by atoms with Crippen molar-refractivity contribution in [3.05, 3.63) is 0 Å². The van der Waals surface area contributed by atoms with E-state index >= 15 is 0 Å². The van der Waals surface area contributed by atoms with Crippen molar-refractivity contribution in [3.8, 4) is 0 Å². The summed E-state index contributed by atoms with van der Waals surface area (Å²) in [5.41, 5.74) is 0. The van der Waals surface area contributed by atoms with Gasteiger partial charge in [0, 0.05) is 0 Å². The molecule has 0 aromatic heterocycles. The highest BCUT2D eigenvalue weighted by Crippen LogP contribution is 2.12. The first-order valence-corrected chi connectivity index (χ1v) is 10.7. The van der Waals surface area contributed by atoms with Gasteiger partial charge >= 0.3 is 10.4 Å². The van der Waals surface area contributed by atoms with E-state index in [1.807, 2.05) is 26.0 Å². The normalized spacial score (nSPS) is 11.4. The topological polar surface area (TPSA) is 55.8 Å². The second kappa shape index (κ2) is 19.2. The van der Waals surface area contributed by atoms with Gasteiger partial charge in [0.25, 0.3) is 0 Å². The minimum Gasteiger partial charge on any atom is -0.312 e. The molecule has 0 saturated carbocycles. The SMILES string of the molecule is CCCCCCCCCCCCCCOS(=O)(=O)OC.CN(C)C. The van der Waals surface area contributed by atoms with Crippen LogP contribution in [-0.4, -0.2) is 48.2 Å². The second-order valence-electron chi connectivity index (χ2n) is 6.63. The first-order chi connectivity index (χ1) is 11.4. The van der Waals surface area contributed by atoms with E-state index in [9.17, 15) is 8.42 Å². The van der Waals surface area contributed by atoms with Crippen LogP contribution < -0.4 is 0 Å². The molecule has 0 aliphatic carbocycles. The van der Waals surface area contributed by atoms with Crippen molar-refractivity contribution in [1.29, 1.82) is 0 Å². The van der Waals surface area contributed by atoms with Gasteiger partial charge in [-0.05, 0) is 27.6 Å². The molecule has 5 nitrogen and oxygen atoms in total. The summed E-state index contributed by atoms with van der Waals surface area (Å²) in [6, 6.07) is 0. The van der Waals surface area contributed by atoms with Crippen LogP contribution in [0.15, 0.2) is 0 Å². The predicted octanol–water partition coefficient (Wildman–Crippen LogP) is 4.77. The molecule has 0 aromatic carbocycles. The molecule has 0 aromatic rings. The molecule has 0 bridgehead atoms. The van der Waals surface area contributed by atoms with Crippen LogP contribution in [0.3, 0.4) is 0 Å². The van der Waals surface area contributed by atoms with Crippen LogP contribution in [0.4, 0.5) is 0 Å². The molecule has 0 saturated heterocycles. The lowest BCUT2D eigenvalue weighted by atomic mass is 10.1. The lowest BCUT2D eigenvalue weighted by Gasteiger charge is -2.03. The predicted molar refractivity (Wildman–Crippen MR) is 103 cm³/mol. The van der Waals surface area contributed by atoms with Crippen LogP contribution in [0, 0.1) is 0 Å². The fraction of sp³-hybridized carbons (Fsp3) is 1.00. The summed E-state index contributed by atoms with van der Waals surface area (Å²) in [6.07, 6.45) is 15.0. The molecule has 0 fully saturated rings. The maximum atomic E-state index is 10.9. The van der Waals surface area contributed by atoms with Gasteiger partial charge in [-0.2, -0.15) is 8.42 Å². The standard InChI is InChI=1S/C15H32O4S.C3H9N/c1-3-4-5-6-7-8-9-10-11-12-13-14-15-19-20(16,17)18-2;1-4(2)3/h3-15H2,1-2H3;1-3H3. The fourth-order valence-electron chi connectivity index (χ4n) is 2.15. The van der Waals surface area contributed by atoms with E-state index in [0.29, 0.717) is 0 Å². The molecular formula is C18H41NO4S. The summed E-state index contributed by atoms with van der Waals surface area (Å²) in [7, 11) is 3.37. The van der Waals surface area contributed by atoms with E-state index in [2.05, 4.69) is 15.3 Å². The Morgan fingerprint density at radius 1 is 0.708 bits per heavy atom. The Labute approximate surface area is 151 Å². The molecule has 0 rings (SSSR count). The third kappa shape index (κ3) is 26.7. The van der Waals surface area contributed by atoms with Crippen LogP contribution in [0.1, 0.15) is 84.0 Å². The van der Waals surface area contributed by atoms with Gasteiger partial charge in [-0.1, -0.05) is 77.6 Å². The van der Waals surface area contributed by atoms with E-state index in [4.69, 9.17) is 0 Å². The molecule has 0 N–H and O–H groups in total. The molecule has 0 aliphatic rings. The fourth-order valence-corrected chi connectivity index (χ4v) is 2.57. The minimum absolute atomic E-state index is 0.230. The van der Waals surface area contributed by atoms with Crippen molar-refractivity contribution >= 4 is 10.4 Å². The smallest absolute Gasteiger partial charge is 0.312 e. The van der Waals surface area contributed by atoms with E-state index in [1.54, 1.807) is 0 Å². The van der Waals surface area contributed by atoms with Crippen LogP contribution in [0.2, 0.25) is 0 Å². The summed E-state index contributed by atoms with van der Waals surface area (Å²) in [5, 5.41) is 0. The van der Waals surface area contributed by atoms with Crippen LogP contribution >= 0.6 is 0 Å². The third-order valence-corrected chi connectivity index (χ3v) is 4.29. The zero-order valence-electron chi connectivity index (χ0n) is 16.7. The highest BCUT2D eigenvalue weighted by Gasteiger charge is 2.07. The Morgan fingerprint density at radius 3 is 1.38 bits per heavy atom. The van der Waals surface area contributed by atoms with Crippen LogP contribution in [0.5, 0.6) is 0 Å². The van der Waals surface area contributed by atoms with E-state index < -0.39 is 10.4 Å². The molecule has 0 heterocycles. The summed E-state index contributed by atoms with van der Waals surface area (Å²) in [5.74, 6) is 0. The molecule has 0 aliphatic heterocycles.